The lowest BCUT2D eigenvalue weighted by Crippen LogP contribution is -2.32. The van der Waals surface area contributed by atoms with Crippen molar-refractivity contribution < 1.29 is 4.79 Å². The van der Waals surface area contributed by atoms with Gasteiger partial charge in [0.25, 0.3) is 5.91 Å². The summed E-state index contributed by atoms with van der Waals surface area (Å²) in [7, 11) is 0. The first-order chi connectivity index (χ1) is 8.70. The minimum absolute atomic E-state index is 0.0415. The Bertz CT molecular complexity index is 405. The van der Waals surface area contributed by atoms with Crippen LogP contribution >= 0.6 is 0 Å². The van der Waals surface area contributed by atoms with Crippen molar-refractivity contribution in [2.45, 2.75) is 26.2 Å². The number of nitrogens with zero attached hydrogens (tertiary/aromatic N) is 3. The third-order valence-electron chi connectivity index (χ3n) is 3.32. The molecule has 1 saturated heterocycles. The number of hydrogen-bond donors (Lipinski definition) is 2. The van der Waals surface area contributed by atoms with Crippen molar-refractivity contribution in [2.24, 2.45) is 11.8 Å². The topological polar surface area (TPSA) is 84.1 Å². The molecule has 1 aromatic heterocycles. The van der Waals surface area contributed by atoms with Crippen LogP contribution in [-0.4, -0.2) is 33.9 Å². The van der Waals surface area contributed by atoms with Gasteiger partial charge in [0.1, 0.15) is 5.69 Å². The van der Waals surface area contributed by atoms with Crippen LogP contribution in [-0.2, 0) is 0 Å². The third kappa shape index (κ3) is 2.95. The Morgan fingerprint density at radius 1 is 1.39 bits per heavy atom. The predicted molar refractivity (Wildman–Crippen MR) is 68.8 cm³/mol. The van der Waals surface area contributed by atoms with Crippen LogP contribution in [0.2, 0.25) is 0 Å². The van der Waals surface area contributed by atoms with Gasteiger partial charge in [-0.05, 0) is 25.2 Å². The average molecular weight is 249 g/mol. The third-order valence-corrected chi connectivity index (χ3v) is 3.32. The molecule has 0 aliphatic carbocycles. The van der Waals surface area contributed by atoms with Crippen LogP contribution in [0, 0.1) is 5.92 Å². The molecular weight excluding hydrogens is 230 g/mol. The molecule has 6 heteroatoms. The molecule has 1 unspecified atom stereocenters. The van der Waals surface area contributed by atoms with E-state index in [-0.39, 0.29) is 5.91 Å². The number of hydrazine groups is 1. The monoisotopic (exact) mass is 249 g/mol. The second-order valence-corrected chi connectivity index (χ2v) is 4.76. The largest absolute Gasteiger partial charge is 0.337 e. The van der Waals surface area contributed by atoms with Gasteiger partial charge in [-0.15, -0.1) is 0 Å². The molecular formula is C12H19N5O. The fourth-order valence-electron chi connectivity index (χ4n) is 2.14. The zero-order valence-corrected chi connectivity index (χ0v) is 10.6. The smallest absolute Gasteiger partial charge is 0.274 e. The molecule has 1 amide bonds. The summed E-state index contributed by atoms with van der Waals surface area (Å²) < 4.78 is 0. The summed E-state index contributed by atoms with van der Waals surface area (Å²) in [5, 5.41) is 0. The molecule has 0 spiro atoms. The zero-order chi connectivity index (χ0) is 13.0. The van der Waals surface area contributed by atoms with Crippen LogP contribution in [0.1, 0.15) is 36.7 Å². The molecule has 1 aliphatic heterocycles. The Morgan fingerprint density at radius 2 is 2.22 bits per heavy atom. The summed E-state index contributed by atoms with van der Waals surface area (Å²) in [5.41, 5.74) is 2.77. The summed E-state index contributed by atoms with van der Waals surface area (Å²) >= 11 is 0. The second-order valence-electron chi connectivity index (χ2n) is 4.76. The number of carbonyl (C=O) groups excluding carboxylic acids is 1. The van der Waals surface area contributed by atoms with E-state index >= 15 is 0 Å². The Balaban J connectivity index is 2.05. The Labute approximate surface area is 107 Å². The molecule has 0 saturated carbocycles. The van der Waals surface area contributed by atoms with Gasteiger partial charge in [0.2, 0.25) is 0 Å². The van der Waals surface area contributed by atoms with Crippen LogP contribution < -0.4 is 11.3 Å². The van der Waals surface area contributed by atoms with Crippen LogP contribution in [0.3, 0.4) is 0 Å². The number of amides is 1. The van der Waals surface area contributed by atoms with E-state index < -0.39 is 0 Å². The van der Waals surface area contributed by atoms with Crippen LogP contribution in [0.25, 0.3) is 0 Å². The van der Waals surface area contributed by atoms with Gasteiger partial charge >= 0.3 is 0 Å². The number of aromatic nitrogens is 2. The van der Waals surface area contributed by atoms with Gasteiger partial charge in [0.15, 0.2) is 5.82 Å². The molecule has 0 aromatic carbocycles. The molecule has 1 aromatic rings. The molecule has 2 rings (SSSR count). The highest BCUT2D eigenvalue weighted by Crippen LogP contribution is 2.17. The minimum Gasteiger partial charge on any atom is -0.337 e. The van der Waals surface area contributed by atoms with E-state index in [0.29, 0.717) is 17.4 Å². The minimum atomic E-state index is -0.0415. The van der Waals surface area contributed by atoms with E-state index in [9.17, 15) is 4.79 Å². The van der Waals surface area contributed by atoms with Gasteiger partial charge in [-0.3, -0.25) is 4.79 Å². The van der Waals surface area contributed by atoms with Crippen LogP contribution in [0.15, 0.2) is 12.4 Å². The van der Waals surface area contributed by atoms with E-state index in [1.54, 1.807) is 0 Å². The summed E-state index contributed by atoms with van der Waals surface area (Å²) in [5.74, 6) is 6.31. The summed E-state index contributed by atoms with van der Waals surface area (Å²) in [6.45, 7) is 3.84. The van der Waals surface area contributed by atoms with Crippen molar-refractivity contribution in [2.75, 3.05) is 18.5 Å². The van der Waals surface area contributed by atoms with E-state index in [2.05, 4.69) is 22.3 Å². The lowest BCUT2D eigenvalue weighted by atomic mass is 10.0. The first kappa shape index (κ1) is 12.8. The second kappa shape index (κ2) is 5.77. The first-order valence-corrected chi connectivity index (χ1v) is 6.28. The van der Waals surface area contributed by atoms with Gasteiger partial charge < -0.3 is 10.3 Å². The maximum Gasteiger partial charge on any atom is 0.274 e. The lowest BCUT2D eigenvalue weighted by molar-refractivity contribution is 0.0754. The van der Waals surface area contributed by atoms with Crippen molar-refractivity contribution in [1.82, 2.24) is 14.9 Å². The van der Waals surface area contributed by atoms with Gasteiger partial charge in [-0.25, -0.2) is 15.8 Å². The maximum absolute atomic E-state index is 12.2. The molecule has 0 radical (unpaired) electrons. The number of nitrogens with one attached hydrogen (secondary N) is 1. The fraction of sp³-hybridized carbons (Fsp3) is 0.583. The number of hydrogen-bond acceptors (Lipinski definition) is 5. The van der Waals surface area contributed by atoms with Gasteiger partial charge in [0.05, 0.1) is 12.4 Å². The normalized spacial score (nSPS) is 20.3. The van der Waals surface area contributed by atoms with Crippen molar-refractivity contribution >= 4 is 11.7 Å². The van der Waals surface area contributed by atoms with E-state index in [1.807, 2.05) is 4.90 Å². The summed E-state index contributed by atoms with van der Waals surface area (Å²) in [6.07, 6.45) is 6.23. The molecule has 1 aliphatic rings. The Hall–Kier alpha value is -1.69. The van der Waals surface area contributed by atoms with Gasteiger partial charge in [-0.1, -0.05) is 6.92 Å². The van der Waals surface area contributed by atoms with Crippen LogP contribution in [0.4, 0.5) is 5.82 Å². The maximum atomic E-state index is 12.2. The van der Waals surface area contributed by atoms with E-state index in [1.165, 1.54) is 18.8 Å². The summed E-state index contributed by atoms with van der Waals surface area (Å²) in [4.78, 5) is 22.2. The van der Waals surface area contributed by atoms with Crippen molar-refractivity contribution in [3.8, 4) is 0 Å². The number of carbonyl (C=O) groups is 1. The van der Waals surface area contributed by atoms with Crippen molar-refractivity contribution in [3.63, 3.8) is 0 Å². The molecule has 6 nitrogen and oxygen atoms in total. The fourth-order valence-corrected chi connectivity index (χ4v) is 2.14. The first-order valence-electron chi connectivity index (χ1n) is 6.28. The number of nitrogen functional groups attached to an aromatic ring is 1. The molecule has 0 bridgehead atoms. The highest BCUT2D eigenvalue weighted by atomic mass is 16.2. The number of nitrogens with two attached hydrogens (primary N) is 1. The molecule has 1 fully saturated rings. The number of likely N-dealkylation sites (tertiary alicyclic amines) is 1. The molecule has 18 heavy (non-hydrogen) atoms. The SMILES string of the molecule is CC1CCCN(C(=O)c2cnc(NN)cn2)CC1. The molecule has 98 valence electrons. The highest BCUT2D eigenvalue weighted by Gasteiger charge is 2.20. The number of rotatable bonds is 2. The molecule has 3 N–H and O–H groups in total. The Kier molecular flexibility index (Phi) is 4.09. The predicted octanol–water partition coefficient (Wildman–Crippen LogP) is 1.02. The average Bonchev–Trinajstić information content (AvgIpc) is 2.63. The van der Waals surface area contributed by atoms with Gasteiger partial charge in [-0.2, -0.15) is 0 Å². The van der Waals surface area contributed by atoms with E-state index in [4.69, 9.17) is 5.84 Å². The quantitative estimate of drug-likeness (QED) is 0.604. The Morgan fingerprint density at radius 3 is 2.89 bits per heavy atom. The highest BCUT2D eigenvalue weighted by molar-refractivity contribution is 5.92. The van der Waals surface area contributed by atoms with Crippen molar-refractivity contribution in [1.29, 1.82) is 0 Å². The zero-order valence-electron chi connectivity index (χ0n) is 10.6. The number of anilines is 1. The van der Waals surface area contributed by atoms with E-state index in [0.717, 1.165) is 25.9 Å². The molecule has 1 atom stereocenters. The molecule has 2 heterocycles. The van der Waals surface area contributed by atoms with Crippen molar-refractivity contribution in [3.05, 3.63) is 18.1 Å². The van der Waals surface area contributed by atoms with Crippen LogP contribution in [0.5, 0.6) is 0 Å². The summed E-state index contributed by atoms with van der Waals surface area (Å²) in [6, 6.07) is 0. The standard InChI is InChI=1S/C12H19N5O/c1-9-3-2-5-17(6-4-9)12(18)10-7-15-11(16-13)8-14-10/h7-9H,2-6,13H2,1H3,(H,15,16). The lowest BCUT2D eigenvalue weighted by Gasteiger charge is -2.19. The van der Waals surface area contributed by atoms with Gasteiger partial charge in [0, 0.05) is 13.1 Å².